The van der Waals surface area contributed by atoms with E-state index in [0.717, 1.165) is 27.6 Å². The van der Waals surface area contributed by atoms with E-state index in [4.69, 9.17) is 11.6 Å². The van der Waals surface area contributed by atoms with E-state index >= 15 is 0 Å². The average Bonchev–Trinajstić information content (AvgIpc) is 2.52. The third-order valence-electron chi connectivity index (χ3n) is 3.28. The van der Waals surface area contributed by atoms with Crippen molar-refractivity contribution in [1.82, 2.24) is 4.98 Å². The van der Waals surface area contributed by atoms with Gasteiger partial charge in [-0.3, -0.25) is 4.79 Å². The van der Waals surface area contributed by atoms with E-state index < -0.39 is 0 Å². The van der Waals surface area contributed by atoms with Crippen LogP contribution in [0.3, 0.4) is 0 Å². The molecule has 0 bridgehead atoms. The molecule has 3 aromatic rings. The summed E-state index contributed by atoms with van der Waals surface area (Å²) in [6, 6.07) is 15.5. The molecule has 0 saturated heterocycles. The number of nitrogens with one attached hydrogen (secondary N) is 1. The van der Waals surface area contributed by atoms with Crippen molar-refractivity contribution in [2.24, 2.45) is 0 Å². The second-order valence-corrected chi connectivity index (χ2v) is 4.95. The highest BCUT2D eigenvalue weighted by molar-refractivity contribution is 6.31. The highest BCUT2D eigenvalue weighted by atomic mass is 35.5. The van der Waals surface area contributed by atoms with E-state index in [1.165, 1.54) is 0 Å². The Morgan fingerprint density at radius 3 is 2.33 bits per heavy atom. The minimum Gasteiger partial charge on any atom is -0.322 e. The van der Waals surface area contributed by atoms with Gasteiger partial charge in [0.05, 0.1) is 5.52 Å². The lowest BCUT2D eigenvalue weighted by Crippen LogP contribution is -2.11. The van der Waals surface area contributed by atoms with Crippen molar-refractivity contribution in [3.63, 3.8) is 0 Å². The first-order chi connectivity index (χ1) is 10.2. The van der Waals surface area contributed by atoms with Gasteiger partial charge in [0.2, 0.25) is 0 Å². The van der Waals surface area contributed by atoms with E-state index in [2.05, 4.69) is 4.98 Å². The van der Waals surface area contributed by atoms with Crippen LogP contribution in [-0.4, -0.2) is 4.98 Å². The topological polar surface area (TPSA) is 32.9 Å². The molecule has 1 N–H and O–H groups in total. The first-order valence-electron chi connectivity index (χ1n) is 7.04. The summed E-state index contributed by atoms with van der Waals surface area (Å²) in [5, 5.41) is 1.62. The zero-order chi connectivity index (χ0) is 15.4. The number of halogens is 1. The minimum atomic E-state index is -0.0754. The number of hydrogen-bond donors (Lipinski definition) is 1. The Balaban J connectivity index is 0.000000774. The van der Waals surface area contributed by atoms with Gasteiger partial charge in [-0.05, 0) is 30.2 Å². The van der Waals surface area contributed by atoms with Gasteiger partial charge in [-0.15, -0.1) is 0 Å². The fraction of sp³-hybridized carbons (Fsp3) is 0.167. The Labute approximate surface area is 129 Å². The van der Waals surface area contributed by atoms with Crippen molar-refractivity contribution >= 4 is 22.5 Å². The molecular formula is C18H18ClNO. The van der Waals surface area contributed by atoms with Gasteiger partial charge in [0, 0.05) is 16.0 Å². The van der Waals surface area contributed by atoms with Crippen LogP contribution in [0.15, 0.2) is 53.3 Å². The summed E-state index contributed by atoms with van der Waals surface area (Å²) in [4.78, 5) is 14.9. The number of aromatic amines is 1. The van der Waals surface area contributed by atoms with E-state index in [9.17, 15) is 4.79 Å². The molecule has 1 heterocycles. The number of benzene rings is 2. The lowest BCUT2D eigenvalue weighted by Gasteiger charge is -2.10. The maximum absolute atomic E-state index is 12.0. The van der Waals surface area contributed by atoms with Crippen LogP contribution >= 0.6 is 11.6 Å². The zero-order valence-corrected chi connectivity index (χ0v) is 13.2. The minimum absolute atomic E-state index is 0.0754. The number of rotatable bonds is 1. The standard InChI is InChI=1S/C16H12ClNO.C2H6/c1-10-15(11-5-3-2-4-6-11)13-8-7-12(17)9-14(13)18-16(10)19;1-2/h2-9H,1H3,(H,18,19);1-2H3. The highest BCUT2D eigenvalue weighted by Gasteiger charge is 2.10. The second kappa shape index (κ2) is 6.59. The molecule has 0 fully saturated rings. The van der Waals surface area contributed by atoms with Gasteiger partial charge >= 0.3 is 0 Å². The molecule has 0 radical (unpaired) electrons. The number of hydrogen-bond acceptors (Lipinski definition) is 1. The summed E-state index contributed by atoms with van der Waals surface area (Å²) in [7, 11) is 0. The average molecular weight is 300 g/mol. The molecule has 0 spiro atoms. The molecule has 108 valence electrons. The monoisotopic (exact) mass is 299 g/mol. The van der Waals surface area contributed by atoms with Gasteiger partial charge in [0.1, 0.15) is 0 Å². The van der Waals surface area contributed by atoms with Crippen molar-refractivity contribution in [3.05, 3.63) is 69.5 Å². The fourth-order valence-electron chi connectivity index (χ4n) is 2.35. The lowest BCUT2D eigenvalue weighted by atomic mass is 9.97. The van der Waals surface area contributed by atoms with Gasteiger partial charge in [0.15, 0.2) is 0 Å². The molecule has 0 unspecified atom stereocenters. The summed E-state index contributed by atoms with van der Waals surface area (Å²) in [5.74, 6) is 0. The Hall–Kier alpha value is -2.06. The first kappa shape index (κ1) is 15.3. The van der Waals surface area contributed by atoms with Crippen molar-refractivity contribution in [3.8, 4) is 11.1 Å². The van der Waals surface area contributed by atoms with E-state index in [0.29, 0.717) is 5.02 Å². The number of pyridine rings is 1. The normalized spacial score (nSPS) is 10.1. The molecule has 3 heteroatoms. The zero-order valence-electron chi connectivity index (χ0n) is 12.4. The van der Waals surface area contributed by atoms with Gasteiger partial charge in [-0.25, -0.2) is 0 Å². The molecule has 3 rings (SSSR count). The first-order valence-corrected chi connectivity index (χ1v) is 7.42. The van der Waals surface area contributed by atoms with Crippen molar-refractivity contribution < 1.29 is 0 Å². The van der Waals surface area contributed by atoms with Crippen LogP contribution in [0.25, 0.3) is 22.0 Å². The van der Waals surface area contributed by atoms with Crippen LogP contribution in [0.1, 0.15) is 19.4 Å². The Bertz CT molecular complexity index is 807. The predicted octanol–water partition coefficient (Wildman–Crippen LogP) is 5.18. The number of aromatic nitrogens is 1. The van der Waals surface area contributed by atoms with Crippen LogP contribution in [0.2, 0.25) is 5.02 Å². The summed E-state index contributed by atoms with van der Waals surface area (Å²) < 4.78 is 0. The Morgan fingerprint density at radius 2 is 1.67 bits per heavy atom. The molecule has 0 aliphatic carbocycles. The van der Waals surface area contributed by atoms with Crippen LogP contribution in [0.4, 0.5) is 0 Å². The molecule has 0 aliphatic rings. The van der Waals surface area contributed by atoms with Crippen molar-refractivity contribution in [1.29, 1.82) is 0 Å². The fourth-order valence-corrected chi connectivity index (χ4v) is 2.52. The maximum Gasteiger partial charge on any atom is 0.251 e. The molecule has 2 aromatic carbocycles. The molecule has 0 amide bonds. The van der Waals surface area contributed by atoms with Crippen molar-refractivity contribution in [2.75, 3.05) is 0 Å². The molecule has 0 aliphatic heterocycles. The third kappa shape index (κ3) is 3.01. The van der Waals surface area contributed by atoms with Crippen LogP contribution in [0, 0.1) is 6.92 Å². The van der Waals surface area contributed by atoms with Gasteiger partial charge in [0.25, 0.3) is 5.56 Å². The maximum atomic E-state index is 12.0. The molecule has 21 heavy (non-hydrogen) atoms. The molecular weight excluding hydrogens is 282 g/mol. The van der Waals surface area contributed by atoms with Crippen LogP contribution in [0.5, 0.6) is 0 Å². The molecule has 0 atom stereocenters. The van der Waals surface area contributed by atoms with Crippen LogP contribution in [-0.2, 0) is 0 Å². The molecule has 1 aromatic heterocycles. The quantitative estimate of drug-likeness (QED) is 0.659. The Morgan fingerprint density at radius 1 is 1.00 bits per heavy atom. The predicted molar refractivity (Wildman–Crippen MR) is 91.1 cm³/mol. The molecule has 0 saturated carbocycles. The lowest BCUT2D eigenvalue weighted by molar-refractivity contribution is 1.24. The van der Waals surface area contributed by atoms with E-state index in [1.54, 1.807) is 6.07 Å². The van der Waals surface area contributed by atoms with E-state index in [1.807, 2.05) is 63.2 Å². The third-order valence-corrected chi connectivity index (χ3v) is 3.51. The second-order valence-electron chi connectivity index (χ2n) is 4.51. The Kier molecular flexibility index (Phi) is 4.81. The summed E-state index contributed by atoms with van der Waals surface area (Å²) in [5.41, 5.74) is 3.42. The summed E-state index contributed by atoms with van der Waals surface area (Å²) in [6.07, 6.45) is 0. The van der Waals surface area contributed by atoms with Gasteiger partial charge < -0.3 is 4.98 Å². The highest BCUT2D eigenvalue weighted by Crippen LogP contribution is 2.30. The summed E-state index contributed by atoms with van der Waals surface area (Å²) >= 11 is 5.99. The smallest absolute Gasteiger partial charge is 0.251 e. The SMILES string of the molecule is CC.Cc1c(-c2ccccc2)c2ccc(Cl)cc2[nH]c1=O. The van der Waals surface area contributed by atoms with E-state index in [-0.39, 0.29) is 5.56 Å². The van der Waals surface area contributed by atoms with Gasteiger partial charge in [-0.2, -0.15) is 0 Å². The van der Waals surface area contributed by atoms with Gasteiger partial charge in [-0.1, -0.05) is 61.8 Å². The number of fused-ring (bicyclic) bond motifs is 1. The number of H-pyrrole nitrogens is 1. The molecule has 2 nitrogen and oxygen atoms in total. The van der Waals surface area contributed by atoms with Crippen molar-refractivity contribution in [2.45, 2.75) is 20.8 Å². The van der Waals surface area contributed by atoms with Crippen LogP contribution < -0.4 is 5.56 Å². The largest absolute Gasteiger partial charge is 0.322 e. The summed E-state index contributed by atoms with van der Waals surface area (Å²) in [6.45, 7) is 5.84.